The summed E-state index contributed by atoms with van der Waals surface area (Å²) in [6.45, 7) is 2.23. The van der Waals surface area contributed by atoms with Crippen LogP contribution in [0.5, 0.6) is 17.2 Å². The maximum Gasteiger partial charge on any atom is 0.415 e. The van der Waals surface area contributed by atoms with Gasteiger partial charge in [0.05, 0.1) is 14.2 Å². The summed E-state index contributed by atoms with van der Waals surface area (Å²) in [6.07, 6.45) is 3.03. The SMILES string of the molecule is COC1=CC[C@@H]2C(N(C)C(=O)Oc3ccccc3)Cc3ccc(OC)c4c3[C@]2(C)[C@@H]1O4. The molecule has 0 aromatic heterocycles. The fraction of sp³-hybridized carbons (Fsp3) is 0.400. The van der Waals surface area contributed by atoms with Gasteiger partial charge in [-0.25, -0.2) is 4.79 Å². The Morgan fingerprint density at radius 3 is 2.61 bits per heavy atom. The maximum absolute atomic E-state index is 13.0. The number of benzene rings is 2. The Hall–Kier alpha value is -3.15. The second-order valence-corrected chi connectivity index (χ2v) is 8.63. The molecule has 0 fully saturated rings. The predicted molar refractivity (Wildman–Crippen MR) is 116 cm³/mol. The van der Waals surface area contributed by atoms with Crippen LogP contribution in [0.2, 0.25) is 0 Å². The molecule has 31 heavy (non-hydrogen) atoms. The van der Waals surface area contributed by atoms with Gasteiger partial charge in [-0.2, -0.15) is 0 Å². The predicted octanol–water partition coefficient (Wildman–Crippen LogP) is 4.32. The minimum atomic E-state index is -0.353. The van der Waals surface area contributed by atoms with E-state index in [0.717, 1.165) is 30.1 Å². The highest BCUT2D eigenvalue weighted by atomic mass is 16.6. The minimum absolute atomic E-state index is 0.0335. The number of carbonyl (C=O) groups is 1. The first-order valence-electron chi connectivity index (χ1n) is 10.6. The number of hydrogen-bond acceptors (Lipinski definition) is 5. The van der Waals surface area contributed by atoms with Gasteiger partial charge in [0, 0.05) is 24.1 Å². The Labute approximate surface area is 182 Å². The Morgan fingerprint density at radius 1 is 1.13 bits per heavy atom. The van der Waals surface area contributed by atoms with Gasteiger partial charge >= 0.3 is 6.09 Å². The lowest BCUT2D eigenvalue weighted by molar-refractivity contribution is 0.0276. The van der Waals surface area contributed by atoms with Gasteiger partial charge in [0.25, 0.3) is 0 Å². The molecule has 6 heteroatoms. The summed E-state index contributed by atoms with van der Waals surface area (Å²) in [5.74, 6) is 3.07. The van der Waals surface area contributed by atoms with Gasteiger partial charge in [0.1, 0.15) is 11.5 Å². The Kier molecular flexibility index (Phi) is 4.61. The van der Waals surface area contributed by atoms with E-state index >= 15 is 0 Å². The van der Waals surface area contributed by atoms with Crippen LogP contribution in [0.3, 0.4) is 0 Å². The molecule has 0 spiro atoms. The van der Waals surface area contributed by atoms with Crippen molar-refractivity contribution in [2.75, 3.05) is 21.3 Å². The molecule has 1 unspecified atom stereocenters. The summed E-state index contributed by atoms with van der Waals surface area (Å²) in [5.41, 5.74) is 2.04. The van der Waals surface area contributed by atoms with Crippen molar-refractivity contribution in [3.05, 3.63) is 65.4 Å². The van der Waals surface area contributed by atoms with Gasteiger partial charge in [-0.3, -0.25) is 0 Å². The normalized spacial score (nSPS) is 27.5. The van der Waals surface area contributed by atoms with Gasteiger partial charge in [-0.1, -0.05) is 31.2 Å². The van der Waals surface area contributed by atoms with E-state index in [1.807, 2.05) is 31.3 Å². The average molecular weight is 421 g/mol. The van der Waals surface area contributed by atoms with Crippen LogP contribution in [-0.4, -0.2) is 44.4 Å². The molecule has 2 aromatic carbocycles. The van der Waals surface area contributed by atoms with Crippen molar-refractivity contribution >= 4 is 6.09 Å². The zero-order valence-corrected chi connectivity index (χ0v) is 18.3. The van der Waals surface area contributed by atoms with E-state index in [9.17, 15) is 4.79 Å². The van der Waals surface area contributed by atoms with Crippen LogP contribution >= 0.6 is 0 Å². The molecular weight excluding hydrogens is 394 g/mol. The van der Waals surface area contributed by atoms with Gasteiger partial charge in [0.15, 0.2) is 17.6 Å². The number of para-hydroxylation sites is 1. The molecule has 0 bridgehead atoms. The first-order chi connectivity index (χ1) is 15.0. The number of nitrogens with zero attached hydrogens (tertiary/aromatic N) is 1. The number of methoxy groups -OCH3 is 2. The highest BCUT2D eigenvalue weighted by Crippen LogP contribution is 2.60. The molecule has 2 aromatic rings. The standard InChI is InChI=1S/C25H27NO5/c1-25-17-11-13-20(29-4)23(25)31-22-19(28-3)12-10-15(21(22)25)14-18(17)26(2)24(27)30-16-8-6-5-7-9-16/h5-10,12-13,17-18,23H,11,14H2,1-4H3/t17-,18?,23-,25-/m1/s1. The van der Waals surface area contributed by atoms with Crippen molar-refractivity contribution in [2.24, 2.45) is 5.92 Å². The summed E-state index contributed by atoms with van der Waals surface area (Å²) < 4.78 is 23.4. The maximum atomic E-state index is 13.0. The number of ether oxygens (including phenoxy) is 4. The first kappa shape index (κ1) is 19.8. The molecule has 3 aliphatic rings. The number of allylic oxidation sites excluding steroid dienone is 1. The fourth-order valence-electron chi connectivity index (χ4n) is 5.66. The van der Waals surface area contributed by atoms with Crippen LogP contribution in [-0.2, 0) is 16.6 Å². The molecule has 0 saturated carbocycles. The van der Waals surface area contributed by atoms with E-state index in [0.29, 0.717) is 5.75 Å². The van der Waals surface area contributed by atoms with E-state index in [2.05, 4.69) is 19.1 Å². The van der Waals surface area contributed by atoms with Crippen LogP contribution in [0.25, 0.3) is 0 Å². The lowest BCUT2D eigenvalue weighted by atomic mass is 9.57. The molecule has 2 aliphatic carbocycles. The van der Waals surface area contributed by atoms with Crippen molar-refractivity contribution in [2.45, 2.75) is 37.3 Å². The molecule has 1 amide bonds. The molecule has 0 radical (unpaired) electrons. The number of hydrogen-bond donors (Lipinski definition) is 0. The molecule has 0 saturated heterocycles. The third-order valence-electron chi connectivity index (χ3n) is 7.21. The summed E-state index contributed by atoms with van der Waals surface area (Å²) in [4.78, 5) is 14.8. The minimum Gasteiger partial charge on any atom is -0.497 e. The van der Waals surface area contributed by atoms with E-state index < -0.39 is 0 Å². The van der Waals surface area contributed by atoms with Gasteiger partial charge < -0.3 is 23.8 Å². The Bertz CT molecular complexity index is 1050. The second-order valence-electron chi connectivity index (χ2n) is 8.63. The molecule has 162 valence electrons. The molecule has 1 aliphatic heterocycles. The zero-order chi connectivity index (χ0) is 21.8. The topological polar surface area (TPSA) is 57.2 Å². The third-order valence-corrected chi connectivity index (χ3v) is 7.21. The number of carbonyl (C=O) groups excluding carboxylic acids is 1. The largest absolute Gasteiger partial charge is 0.497 e. The second kappa shape index (κ2) is 7.22. The molecule has 1 heterocycles. The van der Waals surface area contributed by atoms with Crippen LogP contribution in [0.4, 0.5) is 4.79 Å². The van der Waals surface area contributed by atoms with Crippen LogP contribution in [0.15, 0.2) is 54.3 Å². The van der Waals surface area contributed by atoms with Crippen LogP contribution < -0.4 is 14.2 Å². The summed E-state index contributed by atoms with van der Waals surface area (Å²) in [5, 5.41) is 0. The Morgan fingerprint density at radius 2 is 1.90 bits per heavy atom. The van der Waals surface area contributed by atoms with Crippen molar-refractivity contribution in [3.63, 3.8) is 0 Å². The number of likely N-dealkylation sites (N-methyl/N-ethyl adjacent to an activating group) is 1. The molecule has 4 atom stereocenters. The summed E-state index contributed by atoms with van der Waals surface area (Å²) >= 11 is 0. The van der Waals surface area contributed by atoms with Gasteiger partial charge in [0.2, 0.25) is 0 Å². The summed E-state index contributed by atoms with van der Waals surface area (Å²) in [7, 11) is 5.17. The highest BCUT2D eigenvalue weighted by molar-refractivity contribution is 5.71. The molecule has 0 N–H and O–H groups in total. The van der Waals surface area contributed by atoms with Gasteiger partial charge in [-0.15, -0.1) is 0 Å². The Balaban J connectivity index is 1.55. The lowest BCUT2D eigenvalue weighted by Gasteiger charge is -2.50. The first-order valence-corrected chi connectivity index (χ1v) is 10.6. The van der Waals surface area contributed by atoms with Crippen LogP contribution in [0, 0.1) is 5.92 Å². The van der Waals surface area contributed by atoms with E-state index in [4.69, 9.17) is 18.9 Å². The van der Waals surface area contributed by atoms with Crippen molar-refractivity contribution in [1.29, 1.82) is 0 Å². The quantitative estimate of drug-likeness (QED) is 0.736. The van der Waals surface area contributed by atoms with Crippen molar-refractivity contribution in [3.8, 4) is 17.2 Å². The lowest BCUT2D eigenvalue weighted by Crippen LogP contribution is -2.58. The van der Waals surface area contributed by atoms with E-state index in [1.54, 1.807) is 31.3 Å². The average Bonchev–Trinajstić information content (AvgIpc) is 3.11. The van der Waals surface area contributed by atoms with Crippen LogP contribution in [0.1, 0.15) is 24.5 Å². The van der Waals surface area contributed by atoms with Gasteiger partial charge in [-0.05, 0) is 48.6 Å². The smallest absolute Gasteiger partial charge is 0.415 e. The van der Waals surface area contributed by atoms with Crippen molar-refractivity contribution in [1.82, 2.24) is 4.90 Å². The summed E-state index contributed by atoms with van der Waals surface area (Å²) in [6, 6.07) is 13.2. The third kappa shape index (κ3) is 2.81. The fourth-order valence-corrected chi connectivity index (χ4v) is 5.66. The monoisotopic (exact) mass is 421 g/mol. The van der Waals surface area contributed by atoms with E-state index in [-0.39, 0.29) is 29.6 Å². The number of rotatable bonds is 4. The zero-order valence-electron chi connectivity index (χ0n) is 18.3. The molecular formula is C25H27NO5. The highest BCUT2D eigenvalue weighted by Gasteiger charge is 2.61. The van der Waals surface area contributed by atoms with E-state index in [1.165, 1.54) is 11.1 Å². The molecule has 5 rings (SSSR count). The van der Waals surface area contributed by atoms with Crippen molar-refractivity contribution < 1.29 is 23.7 Å². The molecule has 6 nitrogen and oxygen atoms in total. The number of amides is 1.